The molecule has 2 heterocycles. The molecule has 1 aliphatic rings. The maximum atomic E-state index is 11.5. The molecule has 1 aliphatic heterocycles. The normalized spacial score (nSPS) is 14.0. The molecule has 5 aromatic rings. The first-order valence-electron chi connectivity index (χ1n) is 14.7. The number of allylic oxidation sites excluding steroid dienone is 2. The molecule has 0 saturated carbocycles. The molecule has 0 aliphatic carbocycles. The third-order valence-corrected chi connectivity index (χ3v) is 11.5. The number of aryl methyl sites for hydroxylation is 1. The minimum absolute atomic E-state index is 0. The van der Waals surface area contributed by atoms with Crippen LogP contribution in [0.4, 0.5) is 11.4 Å². The number of rotatable bonds is 8. The number of aromatic nitrogens is 2. The van der Waals surface area contributed by atoms with Gasteiger partial charge in [0.25, 0.3) is 5.82 Å². The van der Waals surface area contributed by atoms with Gasteiger partial charge in [0, 0.05) is 39.4 Å². The summed E-state index contributed by atoms with van der Waals surface area (Å²) < 4.78 is 73.0. The Bertz CT molecular complexity index is 2600. The number of imidazole rings is 1. The fraction of sp³-hybridized carbons (Fsp3) is 0.0571. The van der Waals surface area contributed by atoms with Crippen LogP contribution in [0, 0.1) is 0 Å². The molecule has 10 nitrogen and oxygen atoms in total. The van der Waals surface area contributed by atoms with Gasteiger partial charge < -0.3 is 14.0 Å². The predicted octanol–water partition coefficient (Wildman–Crippen LogP) is 5.38. The zero-order valence-electron chi connectivity index (χ0n) is 27.6. The molecule has 1 aromatic heterocycles. The van der Waals surface area contributed by atoms with Crippen LogP contribution in [0.5, 0.6) is 0 Å². The molecule has 0 unspecified atom stereocenters. The van der Waals surface area contributed by atoms with Crippen LogP contribution >= 0.6 is 46.4 Å². The van der Waals surface area contributed by atoms with E-state index in [-0.39, 0.29) is 42.2 Å². The molecule has 0 radical (unpaired) electrons. The first kappa shape index (κ1) is 40.1. The Morgan fingerprint density at radius 2 is 1.21 bits per heavy atom. The number of hydrogen-bond donors (Lipinski definition) is 0. The van der Waals surface area contributed by atoms with E-state index in [1.807, 2.05) is 45.2 Å². The maximum absolute atomic E-state index is 11.5. The van der Waals surface area contributed by atoms with Crippen LogP contribution < -0.4 is 43.9 Å². The predicted molar refractivity (Wildman–Crippen MR) is 204 cm³/mol. The number of benzene rings is 4. The number of anilines is 2. The van der Waals surface area contributed by atoms with Crippen LogP contribution in [0.15, 0.2) is 114 Å². The van der Waals surface area contributed by atoms with Gasteiger partial charge in [-0.25, -0.2) is 21.4 Å². The molecule has 4 aromatic carbocycles. The van der Waals surface area contributed by atoms with Gasteiger partial charge in [0.2, 0.25) is 0 Å². The maximum Gasteiger partial charge on any atom is 1.00 e. The van der Waals surface area contributed by atoms with Gasteiger partial charge in [-0.1, -0.05) is 77.8 Å². The van der Waals surface area contributed by atoms with Crippen molar-refractivity contribution in [3.8, 4) is 0 Å². The smallest absolute Gasteiger partial charge is 0.744 e. The summed E-state index contributed by atoms with van der Waals surface area (Å²) in [7, 11) is -5.64. The monoisotopic (exact) mass is 828 g/mol. The molecule has 0 bridgehead atoms. The van der Waals surface area contributed by atoms with E-state index in [4.69, 9.17) is 46.4 Å². The van der Waals surface area contributed by atoms with E-state index < -0.39 is 20.2 Å². The second-order valence-corrected chi connectivity index (χ2v) is 15.8. The third-order valence-electron chi connectivity index (χ3n) is 8.37. The van der Waals surface area contributed by atoms with Gasteiger partial charge in [-0.3, -0.25) is 4.90 Å². The molecular weight excluding hydrogens is 801 g/mol. The fourth-order valence-corrected chi connectivity index (χ4v) is 7.36. The van der Waals surface area contributed by atoms with Crippen molar-refractivity contribution in [2.24, 2.45) is 7.05 Å². The van der Waals surface area contributed by atoms with E-state index >= 15 is 0 Å². The van der Waals surface area contributed by atoms with Crippen molar-refractivity contribution in [2.45, 2.75) is 9.79 Å². The van der Waals surface area contributed by atoms with Crippen molar-refractivity contribution >= 4 is 107 Å². The van der Waals surface area contributed by atoms with E-state index in [1.54, 1.807) is 30.3 Å². The van der Waals surface area contributed by atoms with Crippen LogP contribution in [0.25, 0.3) is 28.5 Å². The zero-order valence-corrected chi connectivity index (χ0v) is 34.3. The van der Waals surface area contributed by atoms with Crippen LogP contribution in [-0.4, -0.2) is 37.6 Å². The molecule has 0 fully saturated rings. The Hall–Kier alpha value is -3.11. The van der Waals surface area contributed by atoms with Gasteiger partial charge in [0.15, 0.2) is 11.0 Å². The SMILES string of the molecule is C=C(c1ccc(S(=O)(=O)[O-])cc1)N1C(=CC=Cc2n(C(=C)c3ccc(S(=O)(=O)[O-])cc3)c3cc(Cl)c(Cl)cc3[n+]2C)N(C)c2cc(Cl)c(Cl)cc21.[HH].[HH].[Na+]. The molecule has 17 heteroatoms. The van der Waals surface area contributed by atoms with Crippen LogP contribution in [0.3, 0.4) is 0 Å². The quantitative estimate of drug-likeness (QED) is 0.116. The standard InChI is InChI=1S/C35H26Cl4N4O6S2.Na.2H2/c1-20(22-8-12-24(13-9-22)50(44,45)46)42-32-18-28(38)26(36)16-30(32)40(3)34(42)6-5-7-35-41(4)31-17-27(37)29(39)19-33(31)43(35)21(2)23-10-14-25(15-11-23)51(47,48)49;;;/h5-19H,1-2H2,3-4H3,(H-,44,45,46,47,48,49);;2*1H/q;+1;;/p-1. The number of fused-ring (bicyclic) bond motifs is 2. The van der Waals surface area contributed by atoms with Gasteiger partial charge in [-0.15, -0.1) is 0 Å². The summed E-state index contributed by atoms with van der Waals surface area (Å²) in [6.07, 6.45) is 5.44. The van der Waals surface area contributed by atoms with Gasteiger partial charge in [-0.05, 0) is 60.2 Å². The topological polar surface area (TPSA) is 130 Å². The van der Waals surface area contributed by atoms with Gasteiger partial charge in [-0.2, -0.15) is 4.57 Å². The summed E-state index contributed by atoms with van der Waals surface area (Å²) in [4.78, 5) is 2.96. The Morgan fingerprint density at radius 1 is 0.750 bits per heavy atom. The van der Waals surface area contributed by atoms with E-state index in [1.165, 1.54) is 48.5 Å². The molecule has 6 rings (SSSR count). The van der Waals surface area contributed by atoms with Crippen LogP contribution in [0.2, 0.25) is 20.1 Å². The Morgan fingerprint density at radius 3 is 1.73 bits per heavy atom. The van der Waals surface area contributed by atoms with Crippen molar-refractivity contribution in [2.75, 3.05) is 16.8 Å². The summed E-state index contributed by atoms with van der Waals surface area (Å²) in [5, 5.41) is 1.28. The average molecular weight is 831 g/mol. The first-order chi connectivity index (χ1) is 23.9. The molecule has 52 heavy (non-hydrogen) atoms. The van der Waals surface area contributed by atoms with Crippen molar-refractivity contribution in [1.29, 1.82) is 0 Å². The summed E-state index contributed by atoms with van der Waals surface area (Å²) in [6.45, 7) is 8.56. The Kier molecular flexibility index (Phi) is 11.5. The summed E-state index contributed by atoms with van der Waals surface area (Å²) in [5.41, 5.74) is 4.71. The number of hydrogen-bond acceptors (Lipinski definition) is 8. The van der Waals surface area contributed by atoms with Crippen LogP contribution in [0.1, 0.15) is 19.8 Å². The Balaban J connectivity index is 0.00000261. The zero-order chi connectivity index (χ0) is 37.2. The molecular formula is C35H29Cl4N4NaO6S2. The Labute approximate surface area is 345 Å². The second-order valence-electron chi connectivity index (χ2n) is 11.4. The van der Waals surface area contributed by atoms with E-state index in [0.717, 1.165) is 0 Å². The van der Waals surface area contributed by atoms with Crippen LogP contribution in [-0.2, 0) is 27.3 Å². The summed E-state index contributed by atoms with van der Waals surface area (Å²) in [6, 6.07) is 17.7. The third kappa shape index (κ3) is 7.48. The number of nitrogens with zero attached hydrogens (tertiary/aromatic N) is 4. The first-order valence-corrected chi connectivity index (χ1v) is 19.0. The van der Waals surface area contributed by atoms with Gasteiger partial charge in [0.1, 0.15) is 31.8 Å². The fourth-order valence-electron chi connectivity index (χ4n) is 5.79. The summed E-state index contributed by atoms with van der Waals surface area (Å²) in [5.74, 6) is 1.24. The van der Waals surface area contributed by atoms with Gasteiger partial charge >= 0.3 is 29.6 Å². The molecule has 0 atom stereocenters. The molecule has 0 spiro atoms. The number of halogens is 4. The van der Waals surface area contributed by atoms with Gasteiger partial charge in [0.05, 0.1) is 48.3 Å². The minimum atomic E-state index is -4.65. The minimum Gasteiger partial charge on any atom is -0.744 e. The van der Waals surface area contributed by atoms with E-state index in [2.05, 4.69) is 13.2 Å². The molecule has 0 saturated heterocycles. The van der Waals surface area contributed by atoms with Crippen molar-refractivity contribution < 1.29 is 62.9 Å². The van der Waals surface area contributed by atoms with Crippen molar-refractivity contribution in [3.05, 3.63) is 141 Å². The van der Waals surface area contributed by atoms with Crippen molar-refractivity contribution in [3.63, 3.8) is 0 Å². The molecule has 266 valence electrons. The van der Waals surface area contributed by atoms with Crippen molar-refractivity contribution in [1.82, 2.24) is 4.57 Å². The largest absolute Gasteiger partial charge is 1.00 e. The second kappa shape index (κ2) is 15.0. The summed E-state index contributed by atoms with van der Waals surface area (Å²) >= 11 is 25.7. The molecule has 0 N–H and O–H groups in total. The van der Waals surface area contributed by atoms with E-state index in [9.17, 15) is 25.9 Å². The molecule has 0 amide bonds. The van der Waals surface area contributed by atoms with E-state index in [0.29, 0.717) is 76.7 Å². The average Bonchev–Trinajstić information content (AvgIpc) is 3.48.